The van der Waals surface area contributed by atoms with Gasteiger partial charge in [-0.2, -0.15) is 4.98 Å². The predicted octanol–water partition coefficient (Wildman–Crippen LogP) is -1.63. The molecule has 4 rings (SSSR count). The van der Waals surface area contributed by atoms with Gasteiger partial charge in [0.25, 0.3) is 5.95 Å². The number of nitrogens with zero attached hydrogens (tertiary/aromatic N) is 2. The summed E-state index contributed by atoms with van der Waals surface area (Å²) >= 11 is 0. The number of para-hydroxylation sites is 1. The van der Waals surface area contributed by atoms with Crippen molar-refractivity contribution in [1.82, 2.24) is 15.3 Å². The van der Waals surface area contributed by atoms with Gasteiger partial charge in [0, 0.05) is 12.0 Å². The van der Waals surface area contributed by atoms with Crippen molar-refractivity contribution >= 4 is 22.8 Å². The van der Waals surface area contributed by atoms with Gasteiger partial charge in [-0.05, 0) is 25.8 Å². The Morgan fingerprint density at radius 3 is 3.08 bits per heavy atom. The lowest BCUT2D eigenvalue weighted by Gasteiger charge is -2.22. The zero-order valence-electron chi connectivity index (χ0n) is 13.9. The predicted molar refractivity (Wildman–Crippen MR) is 91.5 cm³/mol. The molecule has 3 heterocycles. The first-order valence-corrected chi connectivity index (χ1v) is 8.58. The minimum atomic E-state index is 0.407. The molecule has 4 N–H and O–H groups in total. The van der Waals surface area contributed by atoms with Crippen molar-refractivity contribution in [3.8, 4) is 0 Å². The molecule has 126 valence electrons. The van der Waals surface area contributed by atoms with Crippen molar-refractivity contribution in [2.24, 2.45) is 0 Å². The van der Waals surface area contributed by atoms with Crippen LogP contribution in [0.3, 0.4) is 0 Å². The summed E-state index contributed by atoms with van der Waals surface area (Å²) in [7, 11) is 0. The Hall–Kier alpha value is -2.25. The standard InChI is InChI=1S/C17H22N6O/c1-12-14-6-2-3-7-15(14)21-17(20-12)22-16-18-10-23(11-19-16)9-13-5-4-8-24-13/h2-3,6-7,13H,4-5,8-11H2,1H3,(H2,18,19,20,21,22)/p+2/t13-/m0/s1. The molecule has 0 radical (unpaired) electrons. The Kier molecular flexibility index (Phi) is 4.27. The minimum absolute atomic E-state index is 0.407. The first kappa shape index (κ1) is 15.3. The monoisotopic (exact) mass is 328 g/mol. The largest absolute Gasteiger partial charge is 0.372 e. The molecule has 1 aromatic carbocycles. The second-order valence-corrected chi connectivity index (χ2v) is 6.45. The van der Waals surface area contributed by atoms with Crippen LogP contribution in [-0.2, 0) is 4.74 Å². The van der Waals surface area contributed by atoms with Crippen molar-refractivity contribution in [2.45, 2.75) is 25.9 Å². The average molecular weight is 328 g/mol. The molecule has 0 saturated carbocycles. The molecule has 2 atom stereocenters. The quantitative estimate of drug-likeness (QED) is 0.544. The fourth-order valence-corrected chi connectivity index (χ4v) is 3.31. The Morgan fingerprint density at radius 2 is 2.29 bits per heavy atom. The van der Waals surface area contributed by atoms with Gasteiger partial charge in [0.05, 0.1) is 11.2 Å². The highest BCUT2D eigenvalue weighted by molar-refractivity contribution is 5.89. The van der Waals surface area contributed by atoms with E-state index in [1.54, 1.807) is 0 Å². The first-order chi connectivity index (χ1) is 11.8. The van der Waals surface area contributed by atoms with Crippen LogP contribution in [0.1, 0.15) is 18.5 Å². The zero-order chi connectivity index (χ0) is 16.4. The summed E-state index contributed by atoms with van der Waals surface area (Å²) in [6.45, 7) is 5.69. The van der Waals surface area contributed by atoms with Crippen molar-refractivity contribution < 1.29 is 14.6 Å². The van der Waals surface area contributed by atoms with Gasteiger partial charge in [0.1, 0.15) is 12.6 Å². The average Bonchev–Trinajstić information content (AvgIpc) is 3.10. The molecule has 0 amide bonds. The summed E-state index contributed by atoms with van der Waals surface area (Å²) in [5.41, 5.74) is 1.93. The van der Waals surface area contributed by atoms with Crippen LogP contribution >= 0.6 is 0 Å². The van der Waals surface area contributed by atoms with Gasteiger partial charge in [-0.25, -0.2) is 20.6 Å². The molecular weight excluding hydrogens is 304 g/mol. The van der Waals surface area contributed by atoms with Crippen molar-refractivity contribution in [2.75, 3.05) is 31.8 Å². The number of hydrogen-bond acceptors (Lipinski definition) is 5. The number of quaternary nitrogens is 1. The summed E-state index contributed by atoms with van der Waals surface area (Å²) in [6, 6.07) is 8.06. The number of benzene rings is 1. The van der Waals surface area contributed by atoms with Gasteiger partial charge in [-0.15, -0.1) is 0 Å². The first-order valence-electron chi connectivity index (χ1n) is 8.58. The van der Waals surface area contributed by atoms with Crippen molar-refractivity contribution in [1.29, 1.82) is 0 Å². The summed E-state index contributed by atoms with van der Waals surface area (Å²) in [5.74, 6) is 1.48. The van der Waals surface area contributed by atoms with E-state index in [1.165, 1.54) is 17.7 Å². The number of rotatable bonds is 3. The lowest BCUT2D eigenvalue weighted by molar-refractivity contribution is -0.982. The second-order valence-electron chi connectivity index (χ2n) is 6.45. The van der Waals surface area contributed by atoms with Gasteiger partial charge in [-0.1, -0.05) is 18.2 Å². The van der Waals surface area contributed by atoms with E-state index in [-0.39, 0.29) is 0 Å². The van der Waals surface area contributed by atoms with E-state index in [0.29, 0.717) is 12.1 Å². The van der Waals surface area contributed by atoms with E-state index < -0.39 is 0 Å². The molecule has 2 aliphatic rings. The Morgan fingerprint density at radius 1 is 1.38 bits per heavy atom. The maximum absolute atomic E-state index is 5.71. The molecule has 0 spiro atoms. The molecule has 1 aromatic heterocycles. The molecule has 24 heavy (non-hydrogen) atoms. The van der Waals surface area contributed by atoms with E-state index in [0.717, 1.165) is 49.0 Å². The number of hydrogen-bond donors (Lipinski definition) is 4. The van der Waals surface area contributed by atoms with Crippen LogP contribution in [0.2, 0.25) is 0 Å². The third-order valence-corrected chi connectivity index (χ3v) is 4.60. The lowest BCUT2D eigenvalue weighted by Crippen LogP contribution is -3.24. The van der Waals surface area contributed by atoms with Crippen LogP contribution in [0.5, 0.6) is 0 Å². The van der Waals surface area contributed by atoms with Crippen LogP contribution in [0, 0.1) is 6.92 Å². The smallest absolute Gasteiger partial charge is 0.359 e. The number of nitrogens with one attached hydrogen (secondary N) is 4. The van der Waals surface area contributed by atoms with Crippen LogP contribution in [0.25, 0.3) is 10.9 Å². The van der Waals surface area contributed by atoms with Crippen molar-refractivity contribution in [3.63, 3.8) is 0 Å². The highest BCUT2D eigenvalue weighted by atomic mass is 16.5. The third kappa shape index (κ3) is 3.32. The SMILES string of the molecule is Cc1nc(NC2=[NH+]C[NH+](C[C@@H]3CCCO3)CN2)nc2ccccc12. The molecule has 2 aromatic rings. The van der Waals surface area contributed by atoms with E-state index in [2.05, 4.69) is 25.6 Å². The number of ether oxygens (including phenoxy) is 1. The minimum Gasteiger partial charge on any atom is -0.372 e. The third-order valence-electron chi connectivity index (χ3n) is 4.60. The highest BCUT2D eigenvalue weighted by Gasteiger charge is 2.26. The van der Waals surface area contributed by atoms with Crippen LogP contribution in [0.4, 0.5) is 5.95 Å². The van der Waals surface area contributed by atoms with E-state index in [9.17, 15) is 0 Å². The van der Waals surface area contributed by atoms with Gasteiger partial charge < -0.3 is 4.74 Å². The molecule has 1 saturated heterocycles. The Labute approximate surface area is 141 Å². The Balaban J connectivity index is 1.41. The zero-order valence-corrected chi connectivity index (χ0v) is 13.9. The molecule has 0 aliphatic carbocycles. The van der Waals surface area contributed by atoms with Crippen LogP contribution < -0.4 is 20.5 Å². The number of aromatic nitrogens is 2. The van der Waals surface area contributed by atoms with E-state index in [4.69, 9.17) is 4.74 Å². The van der Waals surface area contributed by atoms with Crippen LogP contribution in [-0.4, -0.2) is 48.5 Å². The maximum atomic E-state index is 5.71. The summed E-state index contributed by atoms with van der Waals surface area (Å²) in [4.78, 5) is 14.0. The lowest BCUT2D eigenvalue weighted by atomic mass is 10.2. The van der Waals surface area contributed by atoms with Gasteiger partial charge in [0.15, 0.2) is 13.3 Å². The molecule has 7 heteroatoms. The fourth-order valence-electron chi connectivity index (χ4n) is 3.31. The number of fused-ring (bicyclic) bond motifs is 1. The topological polar surface area (TPSA) is 77.5 Å². The van der Waals surface area contributed by atoms with Gasteiger partial charge in [0.2, 0.25) is 0 Å². The normalized spacial score (nSPS) is 23.8. The molecule has 7 nitrogen and oxygen atoms in total. The van der Waals surface area contributed by atoms with Gasteiger partial charge >= 0.3 is 5.96 Å². The maximum Gasteiger partial charge on any atom is 0.359 e. The summed E-state index contributed by atoms with van der Waals surface area (Å²) < 4.78 is 5.71. The molecule has 1 fully saturated rings. The van der Waals surface area contributed by atoms with E-state index in [1.807, 2.05) is 31.2 Å². The summed E-state index contributed by atoms with van der Waals surface area (Å²) in [5, 5.41) is 7.72. The highest BCUT2D eigenvalue weighted by Crippen LogP contribution is 2.16. The second kappa shape index (κ2) is 6.70. The molecule has 0 bridgehead atoms. The van der Waals surface area contributed by atoms with Crippen molar-refractivity contribution in [3.05, 3.63) is 30.0 Å². The number of aryl methyl sites for hydroxylation is 1. The molecule has 2 aliphatic heterocycles. The number of guanidine groups is 1. The molecule has 1 unspecified atom stereocenters. The molecular formula is C17H24N6O+2. The summed E-state index contributed by atoms with van der Waals surface area (Å²) in [6.07, 6.45) is 2.78. The van der Waals surface area contributed by atoms with E-state index >= 15 is 0 Å². The van der Waals surface area contributed by atoms with Gasteiger partial charge in [-0.3, -0.25) is 4.90 Å². The Bertz CT molecular complexity index is 756. The fraction of sp³-hybridized carbons (Fsp3) is 0.471. The van der Waals surface area contributed by atoms with Crippen LogP contribution in [0.15, 0.2) is 24.3 Å². The number of anilines is 1.